The second-order valence-corrected chi connectivity index (χ2v) is 18.6. The van der Waals surface area contributed by atoms with Gasteiger partial charge in [-0.3, -0.25) is 0 Å². The number of hydrogen-bond acceptors (Lipinski definition) is 0. The minimum absolute atomic E-state index is 0.988. The molecule has 0 nitrogen and oxygen atoms in total. The van der Waals surface area contributed by atoms with Crippen molar-refractivity contribution in [3.8, 4) is 0 Å². The van der Waals surface area contributed by atoms with Crippen molar-refractivity contribution in [1.82, 2.24) is 0 Å². The molecule has 3 heteroatoms. The van der Waals surface area contributed by atoms with Crippen molar-refractivity contribution in [2.24, 2.45) is 0 Å². The molecule has 0 amide bonds. The first-order valence-electron chi connectivity index (χ1n) is 6.26. The van der Waals surface area contributed by atoms with Gasteiger partial charge in [-0.25, -0.2) is 0 Å². The summed E-state index contributed by atoms with van der Waals surface area (Å²) < 4.78 is 6.13. The average Bonchev–Trinajstić information content (AvgIpc) is 2.27. The van der Waals surface area contributed by atoms with Gasteiger partial charge in [0.05, 0.1) is 0 Å². The summed E-state index contributed by atoms with van der Waals surface area (Å²) >= 11 is -1.25. The molecule has 3 atom stereocenters. The first-order chi connectivity index (χ1) is 7.70. The van der Waals surface area contributed by atoms with Crippen molar-refractivity contribution in [2.75, 3.05) is 12.3 Å². The fourth-order valence-corrected chi connectivity index (χ4v) is 14.0. The summed E-state index contributed by atoms with van der Waals surface area (Å²) in [6, 6.07) is 9.21. The van der Waals surface area contributed by atoms with Crippen LogP contribution in [0.5, 0.6) is 0 Å². The minimum atomic E-state index is -1.25. The molecule has 0 bridgehead atoms. The predicted octanol–water partition coefficient (Wildman–Crippen LogP) is 4.04. The van der Waals surface area contributed by atoms with E-state index in [2.05, 4.69) is 47.5 Å². The summed E-state index contributed by atoms with van der Waals surface area (Å²) in [7, 11) is 2.18. The molecule has 0 aliphatic carbocycles. The fourth-order valence-electron chi connectivity index (χ4n) is 2.04. The zero-order chi connectivity index (χ0) is 12.0. The van der Waals surface area contributed by atoms with Crippen LogP contribution in [-0.2, 0) is 0 Å². The van der Waals surface area contributed by atoms with E-state index in [9.17, 15) is 0 Å². The van der Waals surface area contributed by atoms with Crippen molar-refractivity contribution >= 4 is 43.9 Å². The van der Waals surface area contributed by atoms with Crippen molar-refractivity contribution < 1.29 is 0 Å². The van der Waals surface area contributed by atoms with Crippen LogP contribution >= 0.6 is 17.2 Å². The van der Waals surface area contributed by atoms with Crippen LogP contribution in [0.4, 0.5) is 0 Å². The second-order valence-electron chi connectivity index (χ2n) is 4.40. The van der Waals surface area contributed by atoms with Crippen molar-refractivity contribution in [1.29, 1.82) is 0 Å². The van der Waals surface area contributed by atoms with E-state index in [0.717, 1.165) is 20.6 Å². The van der Waals surface area contributed by atoms with Crippen LogP contribution in [0.25, 0.3) is 0 Å². The Labute approximate surface area is 112 Å². The number of hydrogen-bond donors (Lipinski definition) is 0. The third-order valence-corrected chi connectivity index (χ3v) is 16.4. The molecule has 0 N–H and O–H groups in total. The second kappa shape index (κ2) is 8.12. The van der Waals surface area contributed by atoms with Gasteiger partial charge in [-0.2, -0.15) is 0 Å². The van der Waals surface area contributed by atoms with Gasteiger partial charge in [-0.05, 0) is 0 Å². The first-order valence-corrected chi connectivity index (χ1v) is 17.2. The van der Waals surface area contributed by atoms with Crippen LogP contribution in [-0.4, -0.2) is 33.8 Å². The predicted molar refractivity (Wildman–Crippen MR) is 84.0 cm³/mol. The molecular formula is C13H23InP2. The quantitative estimate of drug-likeness (QED) is 0.675. The molecule has 16 heavy (non-hydrogen) atoms. The molecule has 3 unspecified atom stereocenters. The molecule has 0 aliphatic heterocycles. The fraction of sp³-hybridized carbons (Fsp3) is 0.538. The summed E-state index contributed by atoms with van der Waals surface area (Å²) in [4.78, 5) is 0. The molecule has 0 saturated heterocycles. The van der Waals surface area contributed by atoms with E-state index < -0.39 is 21.4 Å². The van der Waals surface area contributed by atoms with Gasteiger partial charge in [0.15, 0.2) is 0 Å². The van der Waals surface area contributed by atoms with Gasteiger partial charge < -0.3 is 0 Å². The van der Waals surface area contributed by atoms with Crippen LogP contribution in [0.3, 0.4) is 0 Å². The Kier molecular flexibility index (Phi) is 7.62. The maximum atomic E-state index is 2.57. The zero-order valence-corrected chi connectivity index (χ0v) is 16.2. The van der Waals surface area contributed by atoms with Gasteiger partial charge in [0.2, 0.25) is 0 Å². The van der Waals surface area contributed by atoms with Crippen LogP contribution in [0, 0.1) is 0 Å². The Balaban J connectivity index is 2.97. The molecule has 88 valence electrons. The summed E-state index contributed by atoms with van der Waals surface area (Å²) in [5.41, 5.74) is 1.72. The molecule has 0 fully saturated rings. The van der Waals surface area contributed by atoms with Gasteiger partial charge in [0.25, 0.3) is 0 Å². The third kappa shape index (κ3) is 4.32. The molecule has 0 aliphatic rings. The van der Waals surface area contributed by atoms with E-state index >= 15 is 0 Å². The third-order valence-electron chi connectivity index (χ3n) is 2.75. The summed E-state index contributed by atoms with van der Waals surface area (Å²) in [6.07, 6.45) is 2.66. The summed E-state index contributed by atoms with van der Waals surface area (Å²) in [5, 5.41) is 1.65. The van der Waals surface area contributed by atoms with Crippen molar-refractivity contribution in [2.45, 2.75) is 26.6 Å². The Hall–Kier alpha value is 0.950. The molecule has 0 aromatic heterocycles. The summed E-state index contributed by atoms with van der Waals surface area (Å²) in [5.74, 6) is 0. The van der Waals surface area contributed by atoms with Gasteiger partial charge in [-0.1, -0.05) is 0 Å². The monoisotopic (exact) mass is 356 g/mol. The van der Waals surface area contributed by atoms with Crippen molar-refractivity contribution in [3.63, 3.8) is 0 Å². The maximum absolute atomic E-state index is 2.57. The van der Waals surface area contributed by atoms with Crippen LogP contribution in [0.2, 0.25) is 9.36 Å². The van der Waals surface area contributed by atoms with E-state index in [1.807, 2.05) is 0 Å². The Morgan fingerprint density at radius 1 is 1.12 bits per heavy atom. The molecule has 1 aromatic rings. The van der Waals surface area contributed by atoms with Gasteiger partial charge in [0.1, 0.15) is 0 Å². The molecule has 0 saturated carbocycles. The zero-order valence-electron chi connectivity index (χ0n) is 10.9. The van der Waals surface area contributed by atoms with E-state index in [1.165, 1.54) is 12.3 Å². The molecule has 1 rings (SSSR count). The normalized spacial score (nSPS) is 14.0. The molecule has 0 spiro atoms. The Morgan fingerprint density at radius 3 is 2.38 bits per heavy atom. The topological polar surface area (TPSA) is 0 Å². The number of rotatable bonds is 6. The molecular weight excluding hydrogens is 333 g/mol. The van der Waals surface area contributed by atoms with Gasteiger partial charge in [-0.15, -0.1) is 0 Å². The van der Waals surface area contributed by atoms with Gasteiger partial charge >= 0.3 is 113 Å². The molecule has 1 aromatic carbocycles. The molecule has 0 heterocycles. The molecule has 0 radical (unpaired) electrons. The first kappa shape index (κ1) is 15.0. The Bertz CT molecular complexity index is 313. The van der Waals surface area contributed by atoms with Gasteiger partial charge in [0, 0.05) is 0 Å². The average molecular weight is 356 g/mol. The summed E-state index contributed by atoms with van der Waals surface area (Å²) in [6.45, 7) is 4.63. The van der Waals surface area contributed by atoms with Crippen molar-refractivity contribution in [3.05, 3.63) is 29.8 Å². The van der Waals surface area contributed by atoms with Crippen LogP contribution in [0.15, 0.2) is 24.3 Å². The van der Waals surface area contributed by atoms with E-state index in [4.69, 9.17) is 0 Å². The Morgan fingerprint density at radius 2 is 1.81 bits per heavy atom. The van der Waals surface area contributed by atoms with E-state index in [1.54, 1.807) is 10.9 Å². The standard InChI is InChI=1S/C11H17P2.2CH3.In/c1-3-12-9-10-7-5-6-8-11(10)13-4-2;;;/h5-9,12-13H,3-4H2,1-2H3;2*1H3;. The number of benzene rings is 1. The SMILES string of the molecule is CCPc1ccccc1[CH](PCC)[In]([CH3])[CH3]. The van der Waals surface area contributed by atoms with E-state index in [0.29, 0.717) is 0 Å². The van der Waals surface area contributed by atoms with E-state index in [-0.39, 0.29) is 0 Å². The van der Waals surface area contributed by atoms with Crippen LogP contribution < -0.4 is 5.30 Å². The van der Waals surface area contributed by atoms with Crippen LogP contribution in [0.1, 0.15) is 22.8 Å².